The van der Waals surface area contributed by atoms with Gasteiger partial charge in [0.05, 0.1) is 0 Å². The van der Waals surface area contributed by atoms with E-state index in [0.717, 1.165) is 3.06 Å². The number of amides is 2. The molecule has 116 valence electrons. The fourth-order valence-corrected chi connectivity index (χ4v) is 15.8. The Morgan fingerprint density at radius 2 is 1.20 bits per heavy atom. The standard InChI is InChI=1S/C6H7NO2.3C2H5O.BrH.Sb/c1-3-4(2)6(9)7-5(3)8;3*1-2-3;;/h1-2H3,(H,7,8,9);3*2H2,1H3;1H;/q;3*-1;;+5/p-2. The van der Waals surface area contributed by atoms with E-state index in [1.807, 2.05) is 0 Å². The van der Waals surface area contributed by atoms with Gasteiger partial charge in [-0.15, -0.1) is 0 Å². The summed E-state index contributed by atoms with van der Waals surface area (Å²) >= 11 is -1.68. The molecule has 0 aromatic carbocycles. The van der Waals surface area contributed by atoms with E-state index in [4.69, 9.17) is 9.05 Å². The van der Waals surface area contributed by atoms with E-state index in [9.17, 15) is 9.59 Å². The summed E-state index contributed by atoms with van der Waals surface area (Å²) in [6, 6.07) is 0. The van der Waals surface area contributed by atoms with Crippen LogP contribution in [0.1, 0.15) is 34.6 Å². The number of rotatable bonds is 7. The molecule has 1 rings (SSSR count). The van der Waals surface area contributed by atoms with Gasteiger partial charge in [-0.2, -0.15) is 0 Å². The molecule has 8 heteroatoms. The molecule has 0 aliphatic carbocycles. The predicted molar refractivity (Wildman–Crippen MR) is 79.8 cm³/mol. The van der Waals surface area contributed by atoms with Gasteiger partial charge in [0.2, 0.25) is 0 Å². The van der Waals surface area contributed by atoms with Crippen LogP contribution in [0.15, 0.2) is 11.1 Å². The van der Waals surface area contributed by atoms with Crippen molar-refractivity contribution in [2.75, 3.05) is 19.8 Å². The fourth-order valence-electron chi connectivity index (χ4n) is 1.94. The molecule has 0 unspecified atom stereocenters. The third kappa shape index (κ3) is 2.83. The molecular weight excluding hydrogens is 440 g/mol. The molecule has 0 bridgehead atoms. The first-order valence-electron chi connectivity index (χ1n) is 6.51. The van der Waals surface area contributed by atoms with Crippen LogP contribution in [0.2, 0.25) is 0 Å². The zero-order valence-corrected chi connectivity index (χ0v) is 16.6. The monoisotopic (exact) mass is 459 g/mol. The maximum atomic E-state index is 12.4. The molecule has 0 fully saturated rings. The van der Waals surface area contributed by atoms with E-state index in [1.165, 1.54) is 0 Å². The molecule has 0 saturated heterocycles. The molecule has 6 nitrogen and oxygen atoms in total. The second-order valence-corrected chi connectivity index (χ2v) is 19.8. The molecule has 2 amide bonds. The Morgan fingerprint density at radius 3 is 1.45 bits per heavy atom. The first kappa shape index (κ1) is 18.1. The van der Waals surface area contributed by atoms with Gasteiger partial charge in [-0.1, -0.05) is 0 Å². The van der Waals surface area contributed by atoms with Gasteiger partial charge in [0.25, 0.3) is 0 Å². The normalized spacial score (nSPS) is 18.7. The van der Waals surface area contributed by atoms with Crippen LogP contribution in [-0.2, 0) is 18.6 Å². The average Bonchev–Trinajstić information content (AvgIpc) is 2.55. The second kappa shape index (κ2) is 6.44. The Bertz CT molecular complexity index is 421. The summed E-state index contributed by atoms with van der Waals surface area (Å²) in [7, 11) is 0. The van der Waals surface area contributed by atoms with Crippen molar-refractivity contribution in [3.63, 3.8) is 0 Å². The van der Waals surface area contributed by atoms with Crippen molar-refractivity contribution in [3.8, 4) is 0 Å². The molecule has 20 heavy (non-hydrogen) atoms. The van der Waals surface area contributed by atoms with Crippen molar-refractivity contribution >= 4 is 41.1 Å². The number of imide groups is 1. The summed E-state index contributed by atoms with van der Waals surface area (Å²) < 4.78 is 18.3. The Kier molecular flexibility index (Phi) is 5.83. The van der Waals surface area contributed by atoms with Crippen molar-refractivity contribution in [1.29, 1.82) is 0 Å². The number of carbonyl (C=O) groups is 2. The fraction of sp³-hybridized carbons (Fsp3) is 0.667. The van der Waals surface area contributed by atoms with Crippen LogP contribution in [0.4, 0.5) is 0 Å². The zero-order valence-electron chi connectivity index (χ0n) is 12.4. The van der Waals surface area contributed by atoms with E-state index in [0.29, 0.717) is 11.1 Å². The molecule has 0 aromatic heterocycles. The molecular formula is C12H21BrNO5Sb. The minimum atomic E-state index is -5.10. The molecule has 0 spiro atoms. The minimum absolute atomic E-state index is 0.266. The van der Waals surface area contributed by atoms with Crippen molar-refractivity contribution in [2.24, 2.45) is 0 Å². The van der Waals surface area contributed by atoms with Gasteiger partial charge >= 0.3 is 128 Å². The molecule has 0 aromatic rings. The average molecular weight is 461 g/mol. The summed E-state index contributed by atoms with van der Waals surface area (Å²) in [4.78, 5) is 24.9. The number of nitrogens with zero attached hydrogens (tertiary/aromatic N) is 1. The number of carbonyl (C=O) groups excluding carboxylic acids is 2. The third-order valence-corrected chi connectivity index (χ3v) is 17.9. The molecule has 0 saturated carbocycles. The summed E-state index contributed by atoms with van der Waals surface area (Å²) in [6.45, 7) is 9.33. The quantitative estimate of drug-likeness (QED) is 0.430. The van der Waals surface area contributed by atoms with Crippen molar-refractivity contribution in [1.82, 2.24) is 3.06 Å². The van der Waals surface area contributed by atoms with Crippen LogP contribution in [-0.4, -0.2) is 51.4 Å². The van der Waals surface area contributed by atoms with Gasteiger partial charge in [-0.05, 0) is 0 Å². The van der Waals surface area contributed by atoms with E-state index in [-0.39, 0.29) is 19.8 Å². The number of hydrogen-bond acceptors (Lipinski definition) is 5. The Labute approximate surface area is 128 Å². The molecule has 1 aliphatic rings. The van der Waals surface area contributed by atoms with Crippen LogP contribution >= 0.6 is 12.6 Å². The Hall–Kier alpha value is 0.0582. The van der Waals surface area contributed by atoms with Crippen LogP contribution in [0, 0.1) is 0 Å². The maximum absolute atomic E-state index is 12.4. The molecule has 0 N–H and O–H groups in total. The predicted octanol–water partition coefficient (Wildman–Crippen LogP) is 2.08. The summed E-state index contributed by atoms with van der Waals surface area (Å²) in [5.41, 5.74) is 0.790. The molecule has 0 radical (unpaired) electrons. The number of hydrogen-bond donors (Lipinski definition) is 0. The van der Waals surface area contributed by atoms with Crippen LogP contribution < -0.4 is 0 Å². The topological polar surface area (TPSA) is 65.1 Å². The van der Waals surface area contributed by atoms with Gasteiger partial charge in [-0.3, -0.25) is 0 Å². The summed E-state index contributed by atoms with van der Waals surface area (Å²) in [5, 5.41) is 0. The molecule has 1 aliphatic heterocycles. The summed E-state index contributed by atoms with van der Waals surface area (Å²) in [6.07, 6.45) is 0. The van der Waals surface area contributed by atoms with E-state index < -0.39 is 28.5 Å². The van der Waals surface area contributed by atoms with Crippen molar-refractivity contribution < 1.29 is 18.6 Å². The van der Waals surface area contributed by atoms with Gasteiger partial charge in [0.1, 0.15) is 0 Å². The van der Waals surface area contributed by atoms with Gasteiger partial charge in [-0.25, -0.2) is 0 Å². The number of halogens is 1. The Balaban J connectivity index is 3.39. The van der Waals surface area contributed by atoms with Gasteiger partial charge in [0, 0.05) is 0 Å². The van der Waals surface area contributed by atoms with Crippen LogP contribution in [0.3, 0.4) is 0 Å². The van der Waals surface area contributed by atoms with Crippen molar-refractivity contribution in [2.45, 2.75) is 34.6 Å². The first-order valence-corrected chi connectivity index (χ1v) is 16.5. The Morgan fingerprint density at radius 1 is 0.900 bits per heavy atom. The third-order valence-electron chi connectivity index (χ3n) is 2.93. The van der Waals surface area contributed by atoms with Crippen LogP contribution in [0.25, 0.3) is 0 Å². The zero-order chi connectivity index (χ0) is 15.6. The van der Waals surface area contributed by atoms with Crippen molar-refractivity contribution in [3.05, 3.63) is 11.1 Å². The molecule has 1 heterocycles. The van der Waals surface area contributed by atoms with Gasteiger partial charge in [0.15, 0.2) is 0 Å². The second-order valence-electron chi connectivity index (χ2n) is 4.18. The molecule has 0 atom stereocenters. The van der Waals surface area contributed by atoms with E-state index in [1.54, 1.807) is 34.6 Å². The van der Waals surface area contributed by atoms with Gasteiger partial charge < -0.3 is 0 Å². The first-order chi connectivity index (χ1) is 9.25. The summed E-state index contributed by atoms with van der Waals surface area (Å²) in [5.74, 6) is -0.831. The van der Waals surface area contributed by atoms with E-state index >= 15 is 0 Å². The van der Waals surface area contributed by atoms with E-state index in [2.05, 4.69) is 12.6 Å². The SMILES string of the molecule is CC[O][Sb]([Br])([O]CC)([O]CC)[N]1C(=O)C(C)=C(C)C1=O. The van der Waals surface area contributed by atoms with Crippen LogP contribution in [0.5, 0.6) is 0 Å².